The van der Waals surface area contributed by atoms with Crippen LogP contribution in [0.4, 0.5) is 0 Å². The van der Waals surface area contributed by atoms with Gasteiger partial charge >= 0.3 is 0 Å². The number of rotatable bonds is 3. The fraction of sp³-hybridized carbons (Fsp3) is 0. The van der Waals surface area contributed by atoms with Crippen LogP contribution >= 0.6 is 0 Å². The van der Waals surface area contributed by atoms with Crippen molar-refractivity contribution in [3.63, 3.8) is 0 Å². The van der Waals surface area contributed by atoms with Crippen molar-refractivity contribution in [3.05, 3.63) is 157 Å². The van der Waals surface area contributed by atoms with E-state index < -0.39 is 0 Å². The van der Waals surface area contributed by atoms with E-state index >= 15 is 0 Å². The number of benzene rings is 7. The summed E-state index contributed by atoms with van der Waals surface area (Å²) in [5.74, 6) is 0. The molecule has 49 heavy (non-hydrogen) atoms. The fourth-order valence-corrected chi connectivity index (χ4v) is 7.65. The molecule has 0 atom stereocenters. The lowest BCUT2D eigenvalue weighted by molar-refractivity contribution is 0.671. The summed E-state index contributed by atoms with van der Waals surface area (Å²) < 4.78 is 10.9. The van der Waals surface area contributed by atoms with Gasteiger partial charge in [-0.25, -0.2) is 0 Å². The Kier molecular flexibility index (Phi) is 5.64. The van der Waals surface area contributed by atoms with Crippen molar-refractivity contribution >= 4 is 65.6 Å². The first-order chi connectivity index (χ1) is 24.2. The highest BCUT2D eigenvalue weighted by molar-refractivity contribution is 6.21. The molecule has 7 aromatic carbocycles. The van der Waals surface area contributed by atoms with E-state index in [1.807, 2.05) is 72.8 Å². The van der Waals surface area contributed by atoms with Crippen molar-refractivity contribution in [2.75, 3.05) is 0 Å². The molecule has 0 spiro atoms. The molecular formula is C44H24N4O. The molecule has 0 aliphatic carbocycles. The van der Waals surface area contributed by atoms with E-state index in [4.69, 9.17) is 4.42 Å². The van der Waals surface area contributed by atoms with E-state index in [0.717, 1.165) is 88.1 Å². The van der Waals surface area contributed by atoms with Gasteiger partial charge in [-0.05, 0) is 71.8 Å². The molecule has 3 heterocycles. The fourth-order valence-electron chi connectivity index (χ4n) is 7.65. The van der Waals surface area contributed by atoms with Gasteiger partial charge in [0.1, 0.15) is 11.7 Å². The summed E-state index contributed by atoms with van der Waals surface area (Å²) in [7, 11) is 0. The Morgan fingerprint density at radius 3 is 1.78 bits per heavy atom. The van der Waals surface area contributed by atoms with Gasteiger partial charge in [0.2, 0.25) is 0 Å². The molecule has 0 bridgehead atoms. The first-order valence-corrected chi connectivity index (χ1v) is 16.1. The number of hydrogen-bond acceptors (Lipinski definition) is 3. The predicted octanol–water partition coefficient (Wildman–Crippen LogP) is 11.2. The van der Waals surface area contributed by atoms with E-state index in [2.05, 4.69) is 94.1 Å². The lowest BCUT2D eigenvalue weighted by atomic mass is 9.99. The van der Waals surface area contributed by atoms with Gasteiger partial charge in [-0.15, -0.1) is 0 Å². The second kappa shape index (κ2) is 10.2. The highest BCUT2D eigenvalue weighted by Gasteiger charge is 2.21. The molecule has 10 aromatic rings. The van der Waals surface area contributed by atoms with Gasteiger partial charge in [0.25, 0.3) is 0 Å². The molecule has 5 nitrogen and oxygen atoms in total. The Morgan fingerprint density at radius 1 is 0.469 bits per heavy atom. The van der Waals surface area contributed by atoms with Gasteiger partial charge in [0, 0.05) is 38.0 Å². The Hall–Kier alpha value is -7.08. The summed E-state index contributed by atoms with van der Waals surface area (Å²) in [6.07, 6.45) is 0. The lowest BCUT2D eigenvalue weighted by Crippen LogP contribution is -1.99. The molecule has 226 valence electrons. The average molecular weight is 625 g/mol. The summed E-state index contributed by atoms with van der Waals surface area (Å²) in [4.78, 5) is 0. The zero-order valence-corrected chi connectivity index (χ0v) is 26.1. The zero-order chi connectivity index (χ0) is 32.6. The number of para-hydroxylation sites is 4. The monoisotopic (exact) mass is 624 g/mol. The van der Waals surface area contributed by atoms with Gasteiger partial charge in [-0.2, -0.15) is 10.5 Å². The molecule has 10 rings (SSSR count). The Bertz CT molecular complexity index is 3030. The molecule has 3 aromatic heterocycles. The van der Waals surface area contributed by atoms with E-state index in [0.29, 0.717) is 11.1 Å². The van der Waals surface area contributed by atoms with Gasteiger partial charge in [0.15, 0.2) is 5.58 Å². The standard InChI is InChI=1S/C44H24N4O/c45-25-27-21-29(24-31(22-27)47-39-13-5-1-9-32(39)33-10-2-6-14-40(33)47)28-17-20-38(30(23-28)26-46)48-41-15-7-3-11-34(41)36-18-19-37-35-12-4-8-16-42(35)49-44(37)43(36)48/h1-24H. The quantitative estimate of drug-likeness (QED) is 0.196. The lowest BCUT2D eigenvalue weighted by Gasteiger charge is -2.14. The summed E-state index contributed by atoms with van der Waals surface area (Å²) in [5, 5.41) is 27.4. The summed E-state index contributed by atoms with van der Waals surface area (Å²) in [6, 6.07) is 54.1. The van der Waals surface area contributed by atoms with Gasteiger partial charge in [-0.1, -0.05) is 84.9 Å². The second-order valence-corrected chi connectivity index (χ2v) is 12.4. The van der Waals surface area contributed by atoms with Crippen LogP contribution in [-0.4, -0.2) is 9.13 Å². The van der Waals surface area contributed by atoms with Crippen molar-refractivity contribution in [1.82, 2.24) is 9.13 Å². The minimum absolute atomic E-state index is 0.522. The zero-order valence-electron chi connectivity index (χ0n) is 26.1. The van der Waals surface area contributed by atoms with Crippen molar-refractivity contribution < 1.29 is 4.42 Å². The normalized spacial score (nSPS) is 11.6. The molecule has 0 saturated heterocycles. The second-order valence-electron chi connectivity index (χ2n) is 12.4. The van der Waals surface area contributed by atoms with Gasteiger partial charge in [-0.3, -0.25) is 0 Å². The topological polar surface area (TPSA) is 70.6 Å². The maximum Gasteiger partial charge on any atom is 0.160 e. The van der Waals surface area contributed by atoms with Crippen molar-refractivity contribution in [2.45, 2.75) is 0 Å². The van der Waals surface area contributed by atoms with Crippen LogP contribution < -0.4 is 0 Å². The highest BCUT2D eigenvalue weighted by atomic mass is 16.3. The molecule has 0 saturated carbocycles. The third-order valence-electron chi connectivity index (χ3n) is 9.76. The Labute approximate surface area is 280 Å². The van der Waals surface area contributed by atoms with Crippen LogP contribution in [0.1, 0.15) is 11.1 Å². The van der Waals surface area contributed by atoms with E-state index in [9.17, 15) is 10.5 Å². The van der Waals surface area contributed by atoms with E-state index in [1.54, 1.807) is 0 Å². The number of fused-ring (bicyclic) bond motifs is 10. The first-order valence-electron chi connectivity index (χ1n) is 16.1. The first kappa shape index (κ1) is 27.1. The van der Waals surface area contributed by atoms with Crippen LogP contribution in [0.2, 0.25) is 0 Å². The minimum Gasteiger partial charge on any atom is -0.454 e. The summed E-state index contributed by atoms with van der Waals surface area (Å²) in [6.45, 7) is 0. The number of nitriles is 2. The molecule has 0 N–H and O–H groups in total. The number of furan rings is 1. The number of hydrogen-bond donors (Lipinski definition) is 0. The number of nitrogens with zero attached hydrogens (tertiary/aromatic N) is 4. The molecule has 0 radical (unpaired) electrons. The molecule has 0 amide bonds. The van der Waals surface area contributed by atoms with Crippen LogP contribution in [-0.2, 0) is 0 Å². The highest BCUT2D eigenvalue weighted by Crippen LogP contribution is 2.41. The predicted molar refractivity (Wildman–Crippen MR) is 197 cm³/mol. The molecule has 0 aliphatic heterocycles. The summed E-state index contributed by atoms with van der Waals surface area (Å²) in [5.41, 5.74) is 10.1. The minimum atomic E-state index is 0.522. The Balaban J connectivity index is 1.21. The largest absolute Gasteiger partial charge is 0.454 e. The third-order valence-corrected chi connectivity index (χ3v) is 9.76. The average Bonchev–Trinajstić information content (AvgIpc) is 3.82. The number of aromatic nitrogens is 2. The van der Waals surface area contributed by atoms with E-state index in [-0.39, 0.29) is 0 Å². The maximum atomic E-state index is 10.7. The van der Waals surface area contributed by atoms with Gasteiger partial charge in [0.05, 0.1) is 45.0 Å². The SMILES string of the molecule is N#Cc1cc(-c2ccc(-n3c4ccccc4c4ccc5c6ccccc6oc5c43)c(C#N)c2)cc(-n2c3ccccc3c3ccccc32)c1. The molecule has 5 heteroatoms. The van der Waals surface area contributed by atoms with Gasteiger partial charge < -0.3 is 13.6 Å². The summed E-state index contributed by atoms with van der Waals surface area (Å²) >= 11 is 0. The Morgan fingerprint density at radius 2 is 1.08 bits per heavy atom. The smallest absolute Gasteiger partial charge is 0.160 e. The van der Waals surface area contributed by atoms with Crippen LogP contribution in [0.15, 0.2) is 150 Å². The van der Waals surface area contributed by atoms with E-state index in [1.165, 1.54) is 0 Å². The maximum absolute atomic E-state index is 10.7. The molecular weight excluding hydrogens is 601 g/mol. The van der Waals surface area contributed by atoms with Crippen LogP contribution in [0.5, 0.6) is 0 Å². The van der Waals surface area contributed by atoms with Crippen LogP contribution in [0.25, 0.3) is 88.1 Å². The van der Waals surface area contributed by atoms with Crippen molar-refractivity contribution in [2.24, 2.45) is 0 Å². The molecule has 0 fully saturated rings. The van der Waals surface area contributed by atoms with Crippen molar-refractivity contribution in [1.29, 1.82) is 10.5 Å². The molecule has 0 unspecified atom stereocenters. The van der Waals surface area contributed by atoms with Crippen molar-refractivity contribution in [3.8, 4) is 34.6 Å². The van der Waals surface area contributed by atoms with Crippen LogP contribution in [0.3, 0.4) is 0 Å². The molecule has 0 aliphatic rings. The van der Waals surface area contributed by atoms with Crippen LogP contribution in [0, 0.1) is 22.7 Å². The third kappa shape index (κ3) is 3.85.